The van der Waals surface area contributed by atoms with E-state index in [0.717, 1.165) is 23.8 Å². The molecular weight excluding hydrogens is 420 g/mol. The fourth-order valence-corrected chi connectivity index (χ4v) is 4.35. The largest absolute Gasteiger partial charge is 0.502 e. The Balaban J connectivity index is 1.78. The Morgan fingerprint density at radius 2 is 1.78 bits per heavy atom. The smallest absolute Gasteiger partial charge is 0.278 e. The molecular formula is C23H19F2N3O4. The SMILES string of the molecule is O=C1c2c(O)c(=O)ccn2N([C@H](c2ccccc2)c2ccc(F)c(F)c2)[C@@H]2COCCN12. The third-order valence-corrected chi connectivity index (χ3v) is 5.81. The summed E-state index contributed by atoms with van der Waals surface area (Å²) in [5.41, 5.74) is 0.307. The van der Waals surface area contributed by atoms with Crippen molar-refractivity contribution in [2.45, 2.75) is 12.2 Å². The number of carbonyl (C=O) groups is 1. The van der Waals surface area contributed by atoms with E-state index in [9.17, 15) is 23.5 Å². The second kappa shape index (κ2) is 7.76. The number of morpholine rings is 1. The van der Waals surface area contributed by atoms with Crippen LogP contribution >= 0.6 is 0 Å². The minimum absolute atomic E-state index is 0.158. The molecule has 32 heavy (non-hydrogen) atoms. The lowest BCUT2D eigenvalue weighted by atomic mass is 9.96. The van der Waals surface area contributed by atoms with Gasteiger partial charge in [-0.15, -0.1) is 0 Å². The third kappa shape index (κ3) is 3.13. The molecule has 5 rings (SSSR count). The molecule has 2 aliphatic heterocycles. The molecule has 1 N–H and O–H groups in total. The van der Waals surface area contributed by atoms with Crippen LogP contribution in [0.4, 0.5) is 8.78 Å². The van der Waals surface area contributed by atoms with E-state index in [1.54, 1.807) is 5.01 Å². The molecule has 0 unspecified atom stereocenters. The minimum Gasteiger partial charge on any atom is -0.502 e. The molecule has 1 saturated heterocycles. The van der Waals surface area contributed by atoms with E-state index in [-0.39, 0.29) is 18.8 Å². The first kappa shape index (κ1) is 20.2. The first-order valence-corrected chi connectivity index (χ1v) is 10.1. The van der Waals surface area contributed by atoms with Gasteiger partial charge in [0.15, 0.2) is 23.1 Å². The molecule has 0 aliphatic carbocycles. The maximum atomic E-state index is 14.3. The Kier molecular flexibility index (Phi) is 4.90. The van der Waals surface area contributed by atoms with Gasteiger partial charge in [-0.05, 0) is 23.3 Å². The summed E-state index contributed by atoms with van der Waals surface area (Å²) in [7, 11) is 0. The van der Waals surface area contributed by atoms with Crippen molar-refractivity contribution < 1.29 is 23.4 Å². The second-order valence-corrected chi connectivity index (χ2v) is 7.64. The van der Waals surface area contributed by atoms with Gasteiger partial charge in [-0.3, -0.25) is 19.3 Å². The van der Waals surface area contributed by atoms with Crippen LogP contribution in [0.1, 0.15) is 27.7 Å². The Labute approximate surface area is 181 Å². The van der Waals surface area contributed by atoms with Crippen molar-refractivity contribution in [2.75, 3.05) is 24.8 Å². The zero-order valence-electron chi connectivity index (χ0n) is 16.8. The molecule has 1 amide bonds. The van der Waals surface area contributed by atoms with Crippen molar-refractivity contribution in [3.63, 3.8) is 0 Å². The van der Waals surface area contributed by atoms with Gasteiger partial charge in [-0.25, -0.2) is 8.78 Å². The third-order valence-electron chi connectivity index (χ3n) is 5.81. The van der Waals surface area contributed by atoms with E-state index in [4.69, 9.17) is 4.74 Å². The van der Waals surface area contributed by atoms with Crippen LogP contribution < -0.4 is 10.4 Å². The Morgan fingerprint density at radius 3 is 2.53 bits per heavy atom. The molecule has 1 aromatic heterocycles. The fourth-order valence-electron chi connectivity index (χ4n) is 4.35. The highest BCUT2D eigenvalue weighted by Gasteiger charge is 2.44. The van der Waals surface area contributed by atoms with Crippen molar-refractivity contribution >= 4 is 5.91 Å². The van der Waals surface area contributed by atoms with Gasteiger partial charge in [0.1, 0.15) is 6.17 Å². The summed E-state index contributed by atoms with van der Waals surface area (Å²) < 4.78 is 35.0. The van der Waals surface area contributed by atoms with Crippen LogP contribution in [0, 0.1) is 11.6 Å². The number of carbonyl (C=O) groups excluding carboxylic acids is 1. The van der Waals surface area contributed by atoms with E-state index in [1.807, 2.05) is 30.3 Å². The van der Waals surface area contributed by atoms with Crippen molar-refractivity contribution in [1.29, 1.82) is 0 Å². The number of rotatable bonds is 3. The molecule has 0 radical (unpaired) electrons. The first-order chi connectivity index (χ1) is 15.5. The molecule has 7 nitrogen and oxygen atoms in total. The summed E-state index contributed by atoms with van der Waals surface area (Å²) in [6.07, 6.45) is 0.792. The topological polar surface area (TPSA) is 75.0 Å². The average Bonchev–Trinajstić information content (AvgIpc) is 2.81. The Bertz CT molecular complexity index is 1250. The number of hydrogen-bond acceptors (Lipinski definition) is 5. The highest BCUT2D eigenvalue weighted by molar-refractivity contribution is 5.96. The molecule has 3 heterocycles. The molecule has 0 bridgehead atoms. The summed E-state index contributed by atoms with van der Waals surface area (Å²) >= 11 is 0. The zero-order valence-corrected chi connectivity index (χ0v) is 16.8. The molecule has 2 atom stereocenters. The van der Waals surface area contributed by atoms with Crippen LogP contribution in [0.5, 0.6) is 5.75 Å². The summed E-state index contributed by atoms with van der Waals surface area (Å²) in [5.74, 6) is -3.14. The quantitative estimate of drug-likeness (QED) is 0.678. The summed E-state index contributed by atoms with van der Waals surface area (Å²) in [6, 6.07) is 13.2. The van der Waals surface area contributed by atoms with Gasteiger partial charge < -0.3 is 14.7 Å². The molecule has 1 fully saturated rings. The normalized spacial score (nSPS) is 18.8. The summed E-state index contributed by atoms with van der Waals surface area (Å²) in [6.45, 7) is 0.710. The maximum Gasteiger partial charge on any atom is 0.278 e. The predicted molar refractivity (Wildman–Crippen MR) is 111 cm³/mol. The lowest BCUT2D eigenvalue weighted by Crippen LogP contribution is -2.66. The number of nitrogens with zero attached hydrogens (tertiary/aromatic N) is 3. The number of fused-ring (bicyclic) bond motifs is 2. The Hall–Kier alpha value is -3.72. The number of pyridine rings is 1. The summed E-state index contributed by atoms with van der Waals surface area (Å²) in [4.78, 5) is 26.8. The van der Waals surface area contributed by atoms with Gasteiger partial charge in [0.2, 0.25) is 5.43 Å². The van der Waals surface area contributed by atoms with E-state index in [0.29, 0.717) is 12.2 Å². The van der Waals surface area contributed by atoms with Crippen molar-refractivity contribution in [2.24, 2.45) is 0 Å². The number of halogens is 2. The van der Waals surface area contributed by atoms with E-state index < -0.39 is 40.9 Å². The highest BCUT2D eigenvalue weighted by Crippen LogP contribution is 2.36. The van der Waals surface area contributed by atoms with Gasteiger partial charge in [-0.2, -0.15) is 0 Å². The monoisotopic (exact) mass is 439 g/mol. The molecule has 0 spiro atoms. The maximum absolute atomic E-state index is 14.3. The minimum atomic E-state index is -1.00. The van der Waals surface area contributed by atoms with Crippen molar-refractivity contribution in [3.8, 4) is 5.75 Å². The van der Waals surface area contributed by atoms with E-state index >= 15 is 0 Å². The van der Waals surface area contributed by atoms with Crippen molar-refractivity contribution in [3.05, 3.63) is 99.5 Å². The van der Waals surface area contributed by atoms with E-state index in [1.165, 1.54) is 21.8 Å². The molecule has 3 aromatic rings. The average molecular weight is 439 g/mol. The summed E-state index contributed by atoms with van der Waals surface area (Å²) in [5, 5.41) is 12.2. The van der Waals surface area contributed by atoms with Crippen LogP contribution in [0.15, 0.2) is 65.6 Å². The zero-order chi connectivity index (χ0) is 22.4. The number of aromatic hydroxyl groups is 1. The van der Waals surface area contributed by atoms with Gasteiger partial charge in [0.05, 0.1) is 19.3 Å². The lowest BCUT2D eigenvalue weighted by molar-refractivity contribution is -0.0197. The standard InChI is InChI=1S/C23H19F2N3O4/c24-16-7-6-15(12-17(16)25)20(14-4-2-1-3-5-14)28-19-13-32-11-10-26(19)23(31)21-22(30)18(29)8-9-27(21)28/h1-9,12,19-20,30H,10-11,13H2/t19-,20-/m1/s1. The second-order valence-electron chi connectivity index (χ2n) is 7.64. The number of benzene rings is 2. The predicted octanol–water partition coefficient (Wildman–Crippen LogP) is 2.37. The highest BCUT2D eigenvalue weighted by atomic mass is 19.2. The van der Waals surface area contributed by atoms with Crippen LogP contribution in [0.25, 0.3) is 0 Å². The van der Waals surface area contributed by atoms with Gasteiger partial charge in [-0.1, -0.05) is 36.4 Å². The molecule has 0 saturated carbocycles. The van der Waals surface area contributed by atoms with Crippen LogP contribution in [-0.2, 0) is 4.74 Å². The van der Waals surface area contributed by atoms with Crippen LogP contribution in [0.3, 0.4) is 0 Å². The first-order valence-electron chi connectivity index (χ1n) is 10.1. The van der Waals surface area contributed by atoms with Gasteiger partial charge in [0, 0.05) is 18.8 Å². The van der Waals surface area contributed by atoms with Crippen LogP contribution in [-0.4, -0.2) is 46.5 Å². The number of hydrogen-bond donors (Lipinski definition) is 1. The Morgan fingerprint density at radius 1 is 1.00 bits per heavy atom. The van der Waals surface area contributed by atoms with Gasteiger partial charge in [0.25, 0.3) is 5.91 Å². The van der Waals surface area contributed by atoms with Gasteiger partial charge >= 0.3 is 0 Å². The number of aromatic nitrogens is 1. The van der Waals surface area contributed by atoms with E-state index in [2.05, 4.69) is 0 Å². The fraction of sp³-hybridized carbons (Fsp3) is 0.217. The number of amides is 1. The van der Waals surface area contributed by atoms with Crippen molar-refractivity contribution in [1.82, 2.24) is 9.58 Å². The molecule has 2 aliphatic rings. The number of ether oxygens (including phenoxy) is 1. The molecule has 164 valence electrons. The molecule has 2 aromatic carbocycles. The molecule has 9 heteroatoms. The lowest BCUT2D eigenvalue weighted by Gasteiger charge is -2.51. The van der Waals surface area contributed by atoms with Crippen LogP contribution in [0.2, 0.25) is 0 Å².